The van der Waals surface area contributed by atoms with Gasteiger partial charge < -0.3 is 4.74 Å². The van der Waals surface area contributed by atoms with Crippen molar-refractivity contribution in [3.8, 4) is 5.75 Å². The first-order valence-electron chi connectivity index (χ1n) is 9.52. The van der Waals surface area contributed by atoms with Crippen molar-refractivity contribution in [3.63, 3.8) is 0 Å². The molecule has 0 bridgehead atoms. The van der Waals surface area contributed by atoms with Crippen LogP contribution in [-0.2, 0) is 11.3 Å². The highest BCUT2D eigenvalue weighted by Crippen LogP contribution is 2.31. The largest absolute Gasteiger partial charge is 0.490 e. The molecule has 140 valence electrons. The number of rotatable bonds is 6. The van der Waals surface area contributed by atoms with Crippen molar-refractivity contribution in [1.29, 1.82) is 0 Å². The molecule has 2 atom stereocenters. The average molecular weight is 355 g/mol. The van der Waals surface area contributed by atoms with E-state index in [9.17, 15) is 4.79 Å². The maximum absolute atomic E-state index is 11.9. The van der Waals surface area contributed by atoms with Crippen LogP contribution in [0.3, 0.4) is 0 Å². The van der Waals surface area contributed by atoms with Gasteiger partial charge in [0, 0.05) is 18.7 Å². The number of nitrogens with one attached hydrogen (secondary N) is 1. The summed E-state index contributed by atoms with van der Waals surface area (Å²) in [7, 11) is 0. The molecule has 5 nitrogen and oxygen atoms in total. The number of likely N-dealkylation sites (tertiary alicyclic amines) is 1. The van der Waals surface area contributed by atoms with Crippen molar-refractivity contribution in [2.75, 3.05) is 13.1 Å². The summed E-state index contributed by atoms with van der Waals surface area (Å²) in [4.78, 5) is 14.3. The Bertz CT molecular complexity index is 762. The number of benzene rings is 2. The fourth-order valence-electron chi connectivity index (χ4n) is 3.64. The fourth-order valence-corrected chi connectivity index (χ4v) is 3.64. The molecule has 1 amide bonds. The Labute approximate surface area is 155 Å². The van der Waals surface area contributed by atoms with E-state index in [1.807, 2.05) is 0 Å². The predicted octanol–water partition coefficient (Wildman–Crippen LogP) is 3.22. The van der Waals surface area contributed by atoms with Gasteiger partial charge in [-0.25, -0.2) is 5.84 Å². The van der Waals surface area contributed by atoms with Crippen LogP contribution >= 0.6 is 0 Å². The quantitative estimate of drug-likeness (QED) is 0.474. The molecule has 0 saturated carbocycles. The van der Waals surface area contributed by atoms with Gasteiger partial charge in [-0.2, -0.15) is 0 Å². The third kappa shape index (κ3) is 4.17. The Morgan fingerprint density at radius 2 is 2.15 bits per heavy atom. The number of carbonyl (C=O) groups is 1. The molecule has 1 heterocycles. The lowest BCUT2D eigenvalue weighted by Crippen LogP contribution is -2.44. The van der Waals surface area contributed by atoms with Crippen molar-refractivity contribution < 1.29 is 9.53 Å². The summed E-state index contributed by atoms with van der Waals surface area (Å²) in [5.41, 5.74) is 3.51. The maximum atomic E-state index is 11.9. The topological polar surface area (TPSA) is 67.6 Å². The number of nitrogens with two attached hydrogens (primary N) is 1. The van der Waals surface area contributed by atoms with Crippen LogP contribution < -0.4 is 16.0 Å². The van der Waals surface area contributed by atoms with Crippen molar-refractivity contribution in [2.24, 2.45) is 11.8 Å². The molecule has 0 aromatic heterocycles. The van der Waals surface area contributed by atoms with E-state index in [0.29, 0.717) is 0 Å². The molecule has 3 rings (SSSR count). The zero-order chi connectivity index (χ0) is 18.5. The Morgan fingerprint density at radius 1 is 1.35 bits per heavy atom. The monoisotopic (exact) mass is 355 g/mol. The summed E-state index contributed by atoms with van der Waals surface area (Å²) >= 11 is 0. The van der Waals surface area contributed by atoms with E-state index in [0.717, 1.165) is 44.6 Å². The van der Waals surface area contributed by atoms with Gasteiger partial charge in [-0.15, -0.1) is 0 Å². The number of hydrazine groups is 1. The molecule has 1 saturated heterocycles. The maximum Gasteiger partial charge on any atom is 0.238 e. The predicted molar refractivity (Wildman–Crippen MR) is 105 cm³/mol. The van der Waals surface area contributed by atoms with Gasteiger partial charge in [0.25, 0.3) is 0 Å². The first-order chi connectivity index (χ1) is 12.6. The second-order valence-electron chi connectivity index (χ2n) is 7.18. The Kier molecular flexibility index (Phi) is 6.12. The number of nitrogens with zero attached hydrogens (tertiary/aromatic N) is 1. The first-order valence-corrected chi connectivity index (χ1v) is 9.52. The van der Waals surface area contributed by atoms with Gasteiger partial charge in [-0.3, -0.25) is 15.1 Å². The zero-order valence-electron chi connectivity index (χ0n) is 15.7. The summed E-state index contributed by atoms with van der Waals surface area (Å²) in [6, 6.07) is 12.6. The average Bonchev–Trinajstić information content (AvgIpc) is 2.69. The summed E-state index contributed by atoms with van der Waals surface area (Å²) in [5, 5.41) is 2.44. The van der Waals surface area contributed by atoms with Gasteiger partial charge >= 0.3 is 0 Å². The van der Waals surface area contributed by atoms with E-state index in [4.69, 9.17) is 10.6 Å². The van der Waals surface area contributed by atoms with Crippen molar-refractivity contribution >= 4 is 16.7 Å². The lowest BCUT2D eigenvalue weighted by molar-refractivity contribution is -0.126. The number of amides is 1. The van der Waals surface area contributed by atoms with Crippen LogP contribution in [-0.4, -0.2) is 30.0 Å². The lowest BCUT2D eigenvalue weighted by atomic mass is 9.96. The minimum atomic E-state index is -0.0660. The summed E-state index contributed by atoms with van der Waals surface area (Å²) in [6.07, 6.45) is 3.04. The molecule has 1 aliphatic rings. The number of ether oxygens (including phenoxy) is 1. The molecule has 2 unspecified atom stereocenters. The molecular formula is C21H29N3O2. The van der Waals surface area contributed by atoms with Crippen molar-refractivity contribution in [3.05, 3.63) is 42.0 Å². The van der Waals surface area contributed by atoms with E-state index < -0.39 is 0 Å². The number of fused-ring (bicyclic) bond motifs is 1. The van der Waals surface area contributed by atoms with E-state index in [1.165, 1.54) is 16.3 Å². The third-order valence-electron chi connectivity index (χ3n) is 5.30. The van der Waals surface area contributed by atoms with Crippen molar-refractivity contribution in [1.82, 2.24) is 10.3 Å². The highest BCUT2D eigenvalue weighted by Gasteiger charge is 2.26. The normalized spacial score (nSPS) is 19.3. The molecular weight excluding hydrogens is 326 g/mol. The summed E-state index contributed by atoms with van der Waals surface area (Å²) in [5.74, 6) is 6.17. The van der Waals surface area contributed by atoms with Gasteiger partial charge in [-0.1, -0.05) is 37.3 Å². The van der Waals surface area contributed by atoms with E-state index in [1.54, 1.807) is 0 Å². The highest BCUT2D eigenvalue weighted by molar-refractivity contribution is 5.87. The molecule has 0 spiro atoms. The van der Waals surface area contributed by atoms with Gasteiger partial charge in [-0.05, 0) is 49.6 Å². The number of hydrogen-bond donors (Lipinski definition) is 2. The van der Waals surface area contributed by atoms with E-state index in [2.05, 4.69) is 60.6 Å². The second-order valence-corrected chi connectivity index (χ2v) is 7.18. The Balaban J connectivity index is 1.89. The van der Waals surface area contributed by atoms with Crippen LogP contribution in [0.4, 0.5) is 0 Å². The van der Waals surface area contributed by atoms with E-state index in [-0.39, 0.29) is 17.9 Å². The van der Waals surface area contributed by atoms with Crippen LogP contribution in [0, 0.1) is 5.92 Å². The number of piperidine rings is 1. The summed E-state index contributed by atoms with van der Waals surface area (Å²) in [6.45, 7) is 6.73. The SMILES string of the molecule is CCC(C)Oc1ccc2ccccc2c1CN1CCCC(C(=O)NN)C1. The summed E-state index contributed by atoms with van der Waals surface area (Å²) < 4.78 is 6.21. The van der Waals surface area contributed by atoms with Gasteiger partial charge in [0.15, 0.2) is 0 Å². The Morgan fingerprint density at radius 3 is 2.92 bits per heavy atom. The highest BCUT2D eigenvalue weighted by atomic mass is 16.5. The molecule has 1 aliphatic heterocycles. The van der Waals surface area contributed by atoms with Gasteiger partial charge in [0.05, 0.1) is 12.0 Å². The zero-order valence-corrected chi connectivity index (χ0v) is 15.7. The minimum Gasteiger partial charge on any atom is -0.490 e. The standard InChI is InChI=1S/C21H29N3O2/c1-3-15(2)26-20-11-10-16-7-4-5-9-18(16)19(20)14-24-12-6-8-17(13-24)21(25)23-22/h4-5,7,9-11,15,17H,3,6,8,12-14,22H2,1-2H3,(H,23,25). The Hall–Kier alpha value is -2.11. The van der Waals surface area contributed by atoms with Crippen LogP contribution in [0.1, 0.15) is 38.7 Å². The first kappa shape index (κ1) is 18.7. The molecule has 3 N–H and O–H groups in total. The molecule has 2 aromatic rings. The van der Waals surface area contributed by atoms with Crippen molar-refractivity contribution in [2.45, 2.75) is 45.8 Å². The fraction of sp³-hybridized carbons (Fsp3) is 0.476. The molecule has 0 aliphatic carbocycles. The molecule has 26 heavy (non-hydrogen) atoms. The van der Waals surface area contributed by atoms with E-state index >= 15 is 0 Å². The minimum absolute atomic E-state index is 0.0392. The van der Waals surface area contributed by atoms with Crippen LogP contribution in [0.2, 0.25) is 0 Å². The molecule has 2 aromatic carbocycles. The number of carbonyl (C=O) groups excluding carboxylic acids is 1. The molecule has 5 heteroatoms. The van der Waals surface area contributed by atoms with Crippen LogP contribution in [0.5, 0.6) is 5.75 Å². The van der Waals surface area contributed by atoms with Gasteiger partial charge in [0.2, 0.25) is 5.91 Å². The smallest absolute Gasteiger partial charge is 0.238 e. The number of hydrogen-bond acceptors (Lipinski definition) is 4. The molecule has 1 fully saturated rings. The lowest BCUT2D eigenvalue weighted by Gasteiger charge is -2.32. The van der Waals surface area contributed by atoms with Gasteiger partial charge in [0.1, 0.15) is 5.75 Å². The third-order valence-corrected chi connectivity index (χ3v) is 5.30. The molecule has 0 radical (unpaired) electrons. The second kappa shape index (κ2) is 8.52. The van der Waals surface area contributed by atoms with Crippen LogP contribution in [0.15, 0.2) is 36.4 Å². The van der Waals surface area contributed by atoms with Crippen LogP contribution in [0.25, 0.3) is 10.8 Å².